The summed E-state index contributed by atoms with van der Waals surface area (Å²) in [6.07, 6.45) is 3.03. The van der Waals surface area contributed by atoms with E-state index in [0.29, 0.717) is 17.3 Å². The first-order valence-electron chi connectivity index (χ1n) is 8.47. The van der Waals surface area contributed by atoms with Crippen molar-refractivity contribution in [2.24, 2.45) is 5.92 Å². The first kappa shape index (κ1) is 18.1. The van der Waals surface area contributed by atoms with E-state index in [1.54, 1.807) is 25.1 Å². The number of halogens is 1. The molecular weight excluding hydrogens is 312 g/mol. The molecule has 0 bridgehead atoms. The highest BCUT2D eigenvalue weighted by molar-refractivity contribution is 6.30. The van der Waals surface area contributed by atoms with E-state index in [1.165, 1.54) is 25.9 Å². The van der Waals surface area contributed by atoms with Gasteiger partial charge < -0.3 is 15.0 Å². The molecule has 4 nitrogen and oxygen atoms in total. The highest BCUT2D eigenvalue weighted by atomic mass is 35.5. The number of carbonyl (C=O) groups is 1. The monoisotopic (exact) mass is 338 g/mol. The standard InChI is InChI=1S/C18H27ClN2O2/c1-14-7-11-21(12-8-14)10-4-9-20-18(22)15(2)23-17-6-3-5-16(19)13-17/h3,5-6,13-15H,4,7-12H2,1-2H3,(H,20,22)/t15-/m1/s1. The topological polar surface area (TPSA) is 41.6 Å². The SMILES string of the molecule is CC1CCN(CCCNC(=O)[C@@H](C)Oc2cccc(Cl)c2)CC1. The number of carbonyl (C=O) groups excluding carboxylic acids is 1. The third-order valence-electron chi connectivity index (χ3n) is 4.30. The minimum absolute atomic E-state index is 0.0859. The van der Waals surface area contributed by atoms with Gasteiger partial charge in [0.25, 0.3) is 5.91 Å². The van der Waals surface area contributed by atoms with Gasteiger partial charge in [0.2, 0.25) is 0 Å². The Morgan fingerprint density at radius 1 is 1.43 bits per heavy atom. The lowest BCUT2D eigenvalue weighted by Gasteiger charge is -2.30. The van der Waals surface area contributed by atoms with Gasteiger partial charge in [-0.15, -0.1) is 0 Å². The fourth-order valence-electron chi connectivity index (χ4n) is 2.74. The van der Waals surface area contributed by atoms with Crippen molar-refractivity contribution in [3.05, 3.63) is 29.3 Å². The van der Waals surface area contributed by atoms with Crippen LogP contribution < -0.4 is 10.1 Å². The Bertz CT molecular complexity index is 502. The normalized spacial score (nSPS) is 17.7. The lowest BCUT2D eigenvalue weighted by Crippen LogP contribution is -2.39. The molecule has 1 aromatic carbocycles. The summed E-state index contributed by atoms with van der Waals surface area (Å²) in [4.78, 5) is 14.5. The minimum Gasteiger partial charge on any atom is -0.481 e. The van der Waals surface area contributed by atoms with E-state index >= 15 is 0 Å². The van der Waals surface area contributed by atoms with Crippen LogP contribution in [0.3, 0.4) is 0 Å². The van der Waals surface area contributed by atoms with Gasteiger partial charge in [-0.05, 0) is 69.9 Å². The quantitative estimate of drug-likeness (QED) is 0.775. The molecule has 1 amide bonds. The summed E-state index contributed by atoms with van der Waals surface area (Å²) in [5, 5.41) is 3.54. The Labute approximate surface area is 144 Å². The van der Waals surface area contributed by atoms with Crippen molar-refractivity contribution in [1.29, 1.82) is 0 Å². The molecule has 0 aliphatic carbocycles. The van der Waals surface area contributed by atoms with Crippen LogP contribution in [0.2, 0.25) is 5.02 Å². The number of likely N-dealkylation sites (tertiary alicyclic amines) is 1. The van der Waals surface area contributed by atoms with E-state index in [-0.39, 0.29) is 5.91 Å². The molecule has 1 aromatic rings. The molecule has 0 saturated carbocycles. The van der Waals surface area contributed by atoms with Crippen molar-refractivity contribution in [3.8, 4) is 5.75 Å². The van der Waals surface area contributed by atoms with E-state index in [2.05, 4.69) is 17.1 Å². The number of nitrogens with one attached hydrogen (secondary N) is 1. The smallest absolute Gasteiger partial charge is 0.260 e. The molecule has 1 N–H and O–H groups in total. The van der Waals surface area contributed by atoms with Crippen LogP contribution >= 0.6 is 11.6 Å². The highest BCUT2D eigenvalue weighted by Crippen LogP contribution is 2.18. The predicted molar refractivity (Wildman–Crippen MR) is 94.0 cm³/mol. The first-order chi connectivity index (χ1) is 11.0. The summed E-state index contributed by atoms with van der Waals surface area (Å²) in [6, 6.07) is 7.10. The van der Waals surface area contributed by atoms with E-state index < -0.39 is 6.10 Å². The molecule has 0 spiro atoms. The summed E-state index contributed by atoms with van der Waals surface area (Å²) in [5.74, 6) is 1.38. The van der Waals surface area contributed by atoms with Crippen LogP contribution in [0.5, 0.6) is 5.75 Å². The molecule has 0 unspecified atom stereocenters. The molecule has 23 heavy (non-hydrogen) atoms. The zero-order valence-electron chi connectivity index (χ0n) is 14.1. The number of hydrogen-bond acceptors (Lipinski definition) is 3. The molecule has 1 atom stereocenters. The number of benzene rings is 1. The minimum atomic E-state index is -0.524. The van der Waals surface area contributed by atoms with Gasteiger partial charge in [0.05, 0.1) is 0 Å². The van der Waals surface area contributed by atoms with Crippen LogP contribution in [0.1, 0.15) is 33.1 Å². The van der Waals surface area contributed by atoms with Gasteiger partial charge in [0, 0.05) is 11.6 Å². The molecule has 1 aliphatic rings. The average molecular weight is 339 g/mol. The maximum atomic E-state index is 12.0. The van der Waals surface area contributed by atoms with Gasteiger partial charge in [-0.25, -0.2) is 0 Å². The second-order valence-corrected chi connectivity index (χ2v) is 6.82. The van der Waals surface area contributed by atoms with Gasteiger partial charge >= 0.3 is 0 Å². The van der Waals surface area contributed by atoms with Crippen molar-refractivity contribution in [2.75, 3.05) is 26.2 Å². The molecule has 5 heteroatoms. The van der Waals surface area contributed by atoms with Crippen molar-refractivity contribution in [2.45, 2.75) is 39.2 Å². The fourth-order valence-corrected chi connectivity index (χ4v) is 2.92. The van der Waals surface area contributed by atoms with Crippen LogP contribution in [-0.2, 0) is 4.79 Å². The van der Waals surface area contributed by atoms with E-state index in [1.807, 2.05) is 6.07 Å². The summed E-state index contributed by atoms with van der Waals surface area (Å²) < 4.78 is 5.61. The van der Waals surface area contributed by atoms with Crippen molar-refractivity contribution >= 4 is 17.5 Å². The summed E-state index contributed by atoms with van der Waals surface area (Å²) >= 11 is 5.91. The van der Waals surface area contributed by atoms with E-state index in [0.717, 1.165) is 18.9 Å². The number of nitrogens with zero attached hydrogens (tertiary/aromatic N) is 1. The predicted octanol–water partition coefficient (Wildman–Crippen LogP) is 3.35. The number of hydrogen-bond donors (Lipinski definition) is 1. The molecule has 1 aliphatic heterocycles. The molecular formula is C18H27ClN2O2. The molecule has 1 heterocycles. The number of ether oxygens (including phenoxy) is 1. The Kier molecular flexibility index (Phi) is 7.18. The second kappa shape index (κ2) is 9.14. The first-order valence-corrected chi connectivity index (χ1v) is 8.84. The van der Waals surface area contributed by atoms with E-state index in [9.17, 15) is 4.79 Å². The van der Waals surface area contributed by atoms with Crippen LogP contribution in [0, 0.1) is 5.92 Å². The number of amides is 1. The van der Waals surface area contributed by atoms with Gasteiger partial charge in [-0.1, -0.05) is 24.6 Å². The Morgan fingerprint density at radius 3 is 2.87 bits per heavy atom. The third kappa shape index (κ3) is 6.40. The third-order valence-corrected chi connectivity index (χ3v) is 4.54. The van der Waals surface area contributed by atoms with E-state index in [4.69, 9.17) is 16.3 Å². The summed E-state index contributed by atoms with van der Waals surface area (Å²) in [6.45, 7) is 8.18. The van der Waals surface area contributed by atoms with Crippen LogP contribution in [-0.4, -0.2) is 43.1 Å². The lowest BCUT2D eigenvalue weighted by molar-refractivity contribution is -0.127. The molecule has 0 aromatic heterocycles. The summed E-state index contributed by atoms with van der Waals surface area (Å²) in [7, 11) is 0. The number of rotatable bonds is 7. The largest absolute Gasteiger partial charge is 0.481 e. The van der Waals surface area contributed by atoms with Crippen LogP contribution in [0.15, 0.2) is 24.3 Å². The molecule has 1 fully saturated rings. The Hall–Kier alpha value is -1.26. The Morgan fingerprint density at radius 2 is 2.17 bits per heavy atom. The fraction of sp³-hybridized carbons (Fsp3) is 0.611. The molecule has 1 saturated heterocycles. The average Bonchev–Trinajstić information content (AvgIpc) is 2.53. The molecule has 128 valence electrons. The molecule has 2 rings (SSSR count). The van der Waals surface area contributed by atoms with Crippen LogP contribution in [0.4, 0.5) is 0 Å². The van der Waals surface area contributed by atoms with Gasteiger partial charge in [-0.3, -0.25) is 4.79 Å². The van der Waals surface area contributed by atoms with Crippen LogP contribution in [0.25, 0.3) is 0 Å². The van der Waals surface area contributed by atoms with Gasteiger partial charge in [0.1, 0.15) is 5.75 Å². The maximum Gasteiger partial charge on any atom is 0.260 e. The lowest BCUT2D eigenvalue weighted by atomic mass is 9.99. The zero-order chi connectivity index (χ0) is 16.7. The maximum absolute atomic E-state index is 12.0. The second-order valence-electron chi connectivity index (χ2n) is 6.39. The number of piperidine rings is 1. The zero-order valence-corrected chi connectivity index (χ0v) is 14.8. The Balaban J connectivity index is 1.62. The van der Waals surface area contributed by atoms with Crippen molar-refractivity contribution in [1.82, 2.24) is 10.2 Å². The van der Waals surface area contributed by atoms with Crippen molar-refractivity contribution < 1.29 is 9.53 Å². The highest BCUT2D eigenvalue weighted by Gasteiger charge is 2.16. The van der Waals surface area contributed by atoms with Gasteiger partial charge in [0.15, 0.2) is 6.10 Å². The summed E-state index contributed by atoms with van der Waals surface area (Å²) in [5.41, 5.74) is 0. The van der Waals surface area contributed by atoms with Gasteiger partial charge in [-0.2, -0.15) is 0 Å². The van der Waals surface area contributed by atoms with Crippen molar-refractivity contribution in [3.63, 3.8) is 0 Å². The molecule has 0 radical (unpaired) electrons.